The molecular formula is C46H47FN10O5. The summed E-state index contributed by atoms with van der Waals surface area (Å²) in [6.45, 7) is 13.5. The van der Waals surface area contributed by atoms with E-state index < -0.39 is 40.5 Å². The van der Waals surface area contributed by atoms with E-state index in [2.05, 4.69) is 69.8 Å². The summed E-state index contributed by atoms with van der Waals surface area (Å²) in [7, 11) is 0. The normalized spacial score (nSPS) is 19.4. The number of carbonyl (C=O) groups excluding carboxylic acids is 4. The van der Waals surface area contributed by atoms with Crippen molar-refractivity contribution in [2.75, 3.05) is 36.0 Å². The summed E-state index contributed by atoms with van der Waals surface area (Å²) in [6.07, 6.45) is 3.54. The second-order valence-electron chi connectivity index (χ2n) is 18.2. The van der Waals surface area contributed by atoms with Crippen molar-refractivity contribution in [3.05, 3.63) is 94.6 Å². The fourth-order valence-corrected chi connectivity index (χ4v) is 9.42. The number of H-pyrrole nitrogens is 1. The van der Waals surface area contributed by atoms with Crippen LogP contribution in [0.3, 0.4) is 0 Å². The number of nitrogens with one attached hydrogen (secondary N) is 3. The van der Waals surface area contributed by atoms with Gasteiger partial charge in [0.2, 0.25) is 23.6 Å². The first-order valence-corrected chi connectivity index (χ1v) is 21.2. The summed E-state index contributed by atoms with van der Waals surface area (Å²) in [5, 5.41) is 10.7. The zero-order chi connectivity index (χ0) is 43.2. The van der Waals surface area contributed by atoms with Crippen LogP contribution in [0.15, 0.2) is 59.4 Å². The van der Waals surface area contributed by atoms with Crippen LogP contribution >= 0.6 is 0 Å². The number of halogens is 1. The lowest BCUT2D eigenvalue weighted by Gasteiger charge is -2.36. The van der Waals surface area contributed by atoms with Crippen LogP contribution in [-0.2, 0) is 31.8 Å². The van der Waals surface area contributed by atoms with E-state index in [0.717, 1.165) is 89.9 Å². The number of carbonyl (C=O) groups is 4. The molecule has 1 aliphatic carbocycles. The van der Waals surface area contributed by atoms with Crippen LogP contribution in [0.5, 0.6) is 0 Å². The monoisotopic (exact) mass is 838 g/mol. The zero-order valence-corrected chi connectivity index (χ0v) is 35.3. The maximum Gasteiger partial charge on any atom is 0.293 e. The van der Waals surface area contributed by atoms with Gasteiger partial charge >= 0.3 is 0 Å². The van der Waals surface area contributed by atoms with Gasteiger partial charge in [-0.1, -0.05) is 44.1 Å². The van der Waals surface area contributed by atoms with Gasteiger partial charge in [0, 0.05) is 72.4 Å². The molecule has 2 saturated heterocycles. The molecule has 3 aliphatic heterocycles. The summed E-state index contributed by atoms with van der Waals surface area (Å²) >= 11 is 0. The molecule has 3 aromatic carbocycles. The van der Waals surface area contributed by atoms with Gasteiger partial charge in [0.15, 0.2) is 0 Å². The molecule has 62 heavy (non-hydrogen) atoms. The molecule has 0 radical (unpaired) electrons. The van der Waals surface area contributed by atoms with Crippen molar-refractivity contribution in [2.45, 2.75) is 89.8 Å². The average molecular weight is 839 g/mol. The Hall–Kier alpha value is -6.55. The average Bonchev–Trinajstić information content (AvgIpc) is 3.61. The molecule has 16 heteroatoms. The fourth-order valence-electron chi connectivity index (χ4n) is 9.42. The van der Waals surface area contributed by atoms with E-state index in [1.165, 1.54) is 12.4 Å². The van der Waals surface area contributed by atoms with Crippen molar-refractivity contribution in [3.63, 3.8) is 0 Å². The first-order valence-electron chi connectivity index (χ1n) is 21.2. The van der Waals surface area contributed by atoms with E-state index in [9.17, 15) is 19.2 Å². The van der Waals surface area contributed by atoms with E-state index >= 15 is 4.39 Å². The first-order chi connectivity index (χ1) is 29.7. The number of fused-ring (bicyclic) bond motifs is 5. The number of hydrogen-bond donors (Lipinski definition) is 3. The highest BCUT2D eigenvalue weighted by Gasteiger charge is 2.61. The molecule has 2 atom stereocenters. The van der Waals surface area contributed by atoms with E-state index in [4.69, 9.17) is 4.52 Å². The third kappa shape index (κ3) is 6.67. The van der Waals surface area contributed by atoms with E-state index in [-0.39, 0.29) is 24.1 Å². The maximum atomic E-state index is 16.1. The Bertz CT molecular complexity index is 2850. The lowest BCUT2D eigenvalue weighted by molar-refractivity contribution is -0.135. The van der Waals surface area contributed by atoms with Gasteiger partial charge in [0.25, 0.3) is 11.7 Å². The van der Waals surface area contributed by atoms with Gasteiger partial charge in [0.05, 0.1) is 22.5 Å². The summed E-state index contributed by atoms with van der Waals surface area (Å²) in [5.41, 5.74) is 6.72. The molecule has 0 bridgehead atoms. The molecule has 6 heterocycles. The fraction of sp³-hybridized carbons (Fsp3) is 0.391. The Morgan fingerprint density at radius 3 is 2.55 bits per heavy atom. The van der Waals surface area contributed by atoms with Crippen LogP contribution < -0.4 is 20.4 Å². The Morgan fingerprint density at radius 2 is 1.82 bits per heavy atom. The summed E-state index contributed by atoms with van der Waals surface area (Å²) in [4.78, 5) is 74.5. The smallest absolute Gasteiger partial charge is 0.293 e. The Morgan fingerprint density at radius 1 is 1.03 bits per heavy atom. The second-order valence-corrected chi connectivity index (χ2v) is 18.2. The molecule has 4 amide bonds. The van der Waals surface area contributed by atoms with E-state index in [1.54, 1.807) is 17.9 Å². The van der Waals surface area contributed by atoms with E-state index in [1.807, 2.05) is 39.8 Å². The summed E-state index contributed by atoms with van der Waals surface area (Å²) < 4.78 is 21.4. The largest absolute Gasteiger partial charge is 0.369 e. The van der Waals surface area contributed by atoms with Crippen LogP contribution in [-0.4, -0.2) is 85.8 Å². The molecule has 10 rings (SSSR count). The highest BCUT2D eigenvalue weighted by atomic mass is 19.1. The molecule has 15 nitrogen and oxygen atoms in total. The number of benzene rings is 3. The minimum absolute atomic E-state index is 0.0221. The molecule has 3 aromatic heterocycles. The summed E-state index contributed by atoms with van der Waals surface area (Å²) in [6, 6.07) is 14.4. The number of aromatic nitrogens is 5. The number of anilines is 2. The minimum Gasteiger partial charge on any atom is -0.369 e. The Balaban J connectivity index is 0.827. The topological polar surface area (TPSA) is 183 Å². The molecule has 318 valence electrons. The number of hydrogen-bond acceptors (Lipinski definition) is 11. The Kier molecular flexibility index (Phi) is 9.28. The maximum absolute atomic E-state index is 16.1. The predicted octanol–water partition coefficient (Wildman–Crippen LogP) is 5.90. The van der Waals surface area contributed by atoms with Crippen LogP contribution in [0.4, 0.5) is 15.8 Å². The number of aryl methyl sites for hydroxylation is 1. The molecular weight excluding hydrogens is 792 g/mol. The molecule has 6 aromatic rings. The zero-order valence-electron chi connectivity index (χ0n) is 35.3. The van der Waals surface area contributed by atoms with Gasteiger partial charge in [-0.15, -0.1) is 0 Å². The lowest BCUT2D eigenvalue weighted by atomic mass is 9.96. The van der Waals surface area contributed by atoms with Crippen LogP contribution in [0.1, 0.15) is 98.2 Å². The third-order valence-electron chi connectivity index (χ3n) is 12.9. The van der Waals surface area contributed by atoms with Crippen molar-refractivity contribution < 1.29 is 28.1 Å². The quantitative estimate of drug-likeness (QED) is 0.155. The summed E-state index contributed by atoms with van der Waals surface area (Å²) in [5.74, 6) is -1.42. The molecule has 1 unspecified atom stereocenters. The van der Waals surface area contributed by atoms with Crippen LogP contribution in [0, 0.1) is 12.7 Å². The number of imide groups is 1. The van der Waals surface area contributed by atoms with Gasteiger partial charge in [-0.2, -0.15) is 4.98 Å². The molecule has 3 N–H and O–H groups in total. The van der Waals surface area contributed by atoms with Gasteiger partial charge in [-0.25, -0.2) is 14.4 Å². The van der Waals surface area contributed by atoms with Gasteiger partial charge in [0.1, 0.15) is 23.8 Å². The first kappa shape index (κ1) is 39.6. The van der Waals surface area contributed by atoms with E-state index in [0.29, 0.717) is 34.8 Å². The molecule has 1 spiro atoms. The SMILES string of the molecule is Cc1cc(-c2ncnc3[nH]c4cc(N5CCN(Cc6ccc7c(c6)C6(CC6)C(=O)N7C6CCC(=O)NC6=O)CC5)ccc4c23)c(F)cc1[C@@H](C)NC(=O)c1noc(C(C)(C)C)n1. The van der Waals surface area contributed by atoms with Gasteiger partial charge in [-0.3, -0.25) is 34.3 Å². The standard InChI is InChI=1S/C46H47FN10O5/c1-24-18-30(32(47)21-29(24)25(2)50-42(60)40-53-43(62-54-40)45(3,4)5)38-37-28-8-7-27(20-33(28)51-39(37)49-23-48-38)56-16-14-55(15-17-56)22-26-6-9-34-31(19-26)46(12-13-46)44(61)57(34)35-10-11-36(58)52-41(35)59/h6-9,18-21,23,25,35H,10-17,22H2,1-5H3,(H,50,60)(H,48,49,51)(H,52,58,59)/t25-,35?/m1/s1. The number of nitrogens with zero attached hydrogens (tertiary/aromatic N) is 7. The van der Waals surface area contributed by atoms with Crippen molar-refractivity contribution in [1.29, 1.82) is 0 Å². The number of rotatable bonds is 8. The van der Waals surface area contributed by atoms with Crippen molar-refractivity contribution in [2.24, 2.45) is 0 Å². The minimum atomic E-state index is -0.660. The third-order valence-corrected chi connectivity index (χ3v) is 12.9. The highest BCUT2D eigenvalue weighted by Crippen LogP contribution is 2.58. The number of piperazine rings is 1. The molecule has 4 aliphatic rings. The van der Waals surface area contributed by atoms with Crippen molar-refractivity contribution in [3.8, 4) is 11.3 Å². The predicted molar refractivity (Wildman–Crippen MR) is 229 cm³/mol. The highest BCUT2D eigenvalue weighted by molar-refractivity contribution is 6.15. The number of aromatic amines is 1. The van der Waals surface area contributed by atoms with Crippen molar-refractivity contribution in [1.82, 2.24) is 40.6 Å². The second kappa shape index (κ2) is 14.5. The van der Waals surface area contributed by atoms with Crippen LogP contribution in [0.2, 0.25) is 0 Å². The number of amides is 4. The molecule has 1 saturated carbocycles. The van der Waals surface area contributed by atoms with Crippen LogP contribution in [0.25, 0.3) is 33.2 Å². The van der Waals surface area contributed by atoms with Gasteiger partial charge in [-0.05, 0) is 85.7 Å². The lowest BCUT2D eigenvalue weighted by Crippen LogP contribution is -2.54. The molecule has 3 fully saturated rings. The van der Waals surface area contributed by atoms with Crippen molar-refractivity contribution >= 4 is 56.9 Å². The number of piperidine rings is 1. The Labute approximate surface area is 356 Å². The van der Waals surface area contributed by atoms with Gasteiger partial charge < -0.3 is 19.7 Å².